The van der Waals surface area contributed by atoms with Crippen LogP contribution in [0.3, 0.4) is 0 Å². The highest BCUT2D eigenvalue weighted by atomic mass is 79.9. The van der Waals surface area contributed by atoms with E-state index in [-0.39, 0.29) is 5.82 Å². The summed E-state index contributed by atoms with van der Waals surface area (Å²) in [5, 5.41) is 1.03. The Bertz CT molecular complexity index is 514. The molecule has 0 unspecified atom stereocenters. The Morgan fingerprint density at radius 2 is 2.13 bits per heavy atom. The molecule has 1 aromatic heterocycles. The van der Waals surface area contributed by atoms with Crippen LogP contribution < -0.4 is 0 Å². The number of hydrogen-bond acceptors (Lipinski definition) is 0. The minimum Gasteiger partial charge on any atom is -0.360 e. The van der Waals surface area contributed by atoms with Crippen LogP contribution in [0.5, 0.6) is 0 Å². The van der Waals surface area contributed by atoms with E-state index in [0.29, 0.717) is 5.92 Å². The molecule has 3 heteroatoms. The molecule has 0 aliphatic heterocycles. The molecular weight excluding hydrogens is 257 g/mol. The first kappa shape index (κ1) is 9.40. The minimum absolute atomic E-state index is 0.172. The van der Waals surface area contributed by atoms with Gasteiger partial charge in [-0.3, -0.25) is 0 Å². The predicted octanol–water partition coefficient (Wildman–Crippen LogP) is 4.34. The maximum Gasteiger partial charge on any atom is 0.125 e. The van der Waals surface area contributed by atoms with Gasteiger partial charge in [0, 0.05) is 16.1 Å². The van der Waals surface area contributed by atoms with E-state index in [4.69, 9.17) is 0 Å². The van der Waals surface area contributed by atoms with Gasteiger partial charge in [0.1, 0.15) is 5.82 Å². The van der Waals surface area contributed by atoms with Crippen LogP contribution in [0.1, 0.15) is 30.7 Å². The maximum atomic E-state index is 13.3. The van der Waals surface area contributed by atoms with Crippen molar-refractivity contribution < 1.29 is 4.39 Å². The number of aromatic amines is 1. The summed E-state index contributed by atoms with van der Waals surface area (Å²) < 4.78 is 14.1. The van der Waals surface area contributed by atoms with Gasteiger partial charge in [-0.1, -0.05) is 6.42 Å². The topological polar surface area (TPSA) is 15.8 Å². The quantitative estimate of drug-likeness (QED) is 0.792. The molecule has 1 aliphatic carbocycles. The number of hydrogen-bond donors (Lipinski definition) is 1. The second kappa shape index (κ2) is 3.34. The summed E-state index contributed by atoms with van der Waals surface area (Å²) in [4.78, 5) is 3.22. The first-order valence-electron chi connectivity index (χ1n) is 5.22. The normalized spacial score (nSPS) is 16.9. The van der Waals surface area contributed by atoms with E-state index in [9.17, 15) is 4.39 Å². The lowest BCUT2D eigenvalue weighted by atomic mass is 9.80. The van der Waals surface area contributed by atoms with Gasteiger partial charge in [-0.25, -0.2) is 4.39 Å². The van der Waals surface area contributed by atoms with E-state index in [1.165, 1.54) is 30.9 Å². The average molecular weight is 268 g/mol. The Labute approximate surface area is 95.8 Å². The molecule has 0 saturated heterocycles. The van der Waals surface area contributed by atoms with Gasteiger partial charge in [-0.2, -0.15) is 0 Å². The van der Waals surface area contributed by atoms with Crippen LogP contribution in [0.15, 0.2) is 22.8 Å². The molecule has 2 aromatic rings. The lowest BCUT2D eigenvalue weighted by Gasteiger charge is -2.24. The van der Waals surface area contributed by atoms with E-state index in [2.05, 4.69) is 20.9 Å². The van der Waals surface area contributed by atoms with E-state index in [1.54, 1.807) is 6.07 Å². The molecule has 0 radical (unpaired) electrons. The number of aromatic nitrogens is 1. The third-order valence-corrected chi connectivity index (χ3v) is 3.91. The van der Waals surface area contributed by atoms with Crippen LogP contribution >= 0.6 is 15.9 Å². The summed E-state index contributed by atoms with van der Waals surface area (Å²) in [6.45, 7) is 0. The molecule has 15 heavy (non-hydrogen) atoms. The van der Waals surface area contributed by atoms with Crippen molar-refractivity contribution in [2.45, 2.75) is 25.2 Å². The zero-order valence-corrected chi connectivity index (χ0v) is 9.77. The first-order valence-corrected chi connectivity index (χ1v) is 6.01. The molecule has 1 fully saturated rings. The molecule has 78 valence electrons. The van der Waals surface area contributed by atoms with Crippen molar-refractivity contribution in [3.63, 3.8) is 0 Å². The standard InChI is InChI=1S/C12H11BrFN/c13-11-5-8(14)4-9-10(6-15-12(9)11)7-2-1-3-7/h4-7,15H,1-3H2. The van der Waals surface area contributed by atoms with Crippen molar-refractivity contribution >= 4 is 26.8 Å². The van der Waals surface area contributed by atoms with Gasteiger partial charge in [0.25, 0.3) is 0 Å². The smallest absolute Gasteiger partial charge is 0.125 e. The number of rotatable bonds is 1. The summed E-state index contributed by atoms with van der Waals surface area (Å²) in [5.74, 6) is 0.460. The number of fused-ring (bicyclic) bond motifs is 1. The number of H-pyrrole nitrogens is 1. The Kier molecular flexibility index (Phi) is 2.09. The molecule has 1 N–H and O–H groups in total. The molecule has 1 aliphatic rings. The van der Waals surface area contributed by atoms with Crippen LogP contribution in [-0.2, 0) is 0 Å². The lowest BCUT2D eigenvalue weighted by molar-refractivity contribution is 0.422. The second-order valence-electron chi connectivity index (χ2n) is 4.18. The zero-order chi connectivity index (χ0) is 10.4. The molecule has 1 nitrogen and oxygen atoms in total. The van der Waals surface area contributed by atoms with Gasteiger partial charge >= 0.3 is 0 Å². The van der Waals surface area contributed by atoms with Gasteiger partial charge in [-0.15, -0.1) is 0 Å². The molecule has 3 rings (SSSR count). The molecule has 0 bridgehead atoms. The molecule has 1 heterocycles. The van der Waals surface area contributed by atoms with Crippen LogP contribution in [0, 0.1) is 5.82 Å². The summed E-state index contributed by atoms with van der Waals surface area (Å²) >= 11 is 3.38. The number of halogens is 2. The van der Waals surface area contributed by atoms with Gasteiger partial charge in [0.05, 0.1) is 5.52 Å². The maximum absolute atomic E-state index is 13.3. The molecule has 0 atom stereocenters. The number of benzene rings is 1. The molecule has 1 aromatic carbocycles. The predicted molar refractivity (Wildman–Crippen MR) is 62.5 cm³/mol. The molecule has 0 amide bonds. The van der Waals surface area contributed by atoms with E-state index in [0.717, 1.165) is 15.4 Å². The summed E-state index contributed by atoms with van der Waals surface area (Å²) in [7, 11) is 0. The summed E-state index contributed by atoms with van der Waals surface area (Å²) in [5.41, 5.74) is 2.29. The first-order chi connectivity index (χ1) is 7.25. The summed E-state index contributed by atoms with van der Waals surface area (Å²) in [6.07, 6.45) is 5.80. The fraction of sp³-hybridized carbons (Fsp3) is 0.333. The molecular formula is C12H11BrFN. The van der Waals surface area contributed by atoms with E-state index >= 15 is 0 Å². The van der Waals surface area contributed by atoms with Gasteiger partial charge in [0.15, 0.2) is 0 Å². The lowest BCUT2D eigenvalue weighted by Crippen LogP contribution is -2.07. The largest absolute Gasteiger partial charge is 0.360 e. The third kappa shape index (κ3) is 1.41. The van der Waals surface area contributed by atoms with Crippen molar-refractivity contribution in [2.24, 2.45) is 0 Å². The van der Waals surface area contributed by atoms with Crippen molar-refractivity contribution in [3.8, 4) is 0 Å². The van der Waals surface area contributed by atoms with Gasteiger partial charge in [0.2, 0.25) is 0 Å². The minimum atomic E-state index is -0.172. The highest BCUT2D eigenvalue weighted by Crippen LogP contribution is 2.41. The number of nitrogens with one attached hydrogen (secondary N) is 1. The van der Waals surface area contributed by atoms with Crippen LogP contribution in [0.25, 0.3) is 10.9 Å². The van der Waals surface area contributed by atoms with Crippen molar-refractivity contribution in [3.05, 3.63) is 34.2 Å². The zero-order valence-electron chi connectivity index (χ0n) is 8.19. The van der Waals surface area contributed by atoms with Crippen LogP contribution in [0.4, 0.5) is 4.39 Å². The van der Waals surface area contributed by atoms with Crippen LogP contribution in [-0.4, -0.2) is 4.98 Å². The monoisotopic (exact) mass is 267 g/mol. The van der Waals surface area contributed by atoms with Gasteiger partial charge in [-0.05, 0) is 52.4 Å². The van der Waals surface area contributed by atoms with Gasteiger partial charge < -0.3 is 4.98 Å². The highest BCUT2D eigenvalue weighted by Gasteiger charge is 2.23. The third-order valence-electron chi connectivity index (χ3n) is 3.28. The Morgan fingerprint density at radius 3 is 2.80 bits per heavy atom. The second-order valence-corrected chi connectivity index (χ2v) is 5.04. The Hall–Kier alpha value is -0.830. The molecule has 1 saturated carbocycles. The van der Waals surface area contributed by atoms with Crippen molar-refractivity contribution in [2.75, 3.05) is 0 Å². The van der Waals surface area contributed by atoms with Crippen molar-refractivity contribution in [1.29, 1.82) is 0 Å². The van der Waals surface area contributed by atoms with Crippen molar-refractivity contribution in [1.82, 2.24) is 4.98 Å². The fourth-order valence-corrected chi connectivity index (χ4v) is 2.78. The highest BCUT2D eigenvalue weighted by molar-refractivity contribution is 9.10. The SMILES string of the molecule is Fc1cc(Br)c2[nH]cc(C3CCC3)c2c1. The summed E-state index contributed by atoms with van der Waals surface area (Å²) in [6, 6.07) is 3.13. The Balaban J connectivity index is 2.23. The van der Waals surface area contributed by atoms with E-state index < -0.39 is 0 Å². The fourth-order valence-electron chi connectivity index (χ4n) is 2.23. The van der Waals surface area contributed by atoms with Crippen LogP contribution in [0.2, 0.25) is 0 Å². The Morgan fingerprint density at radius 1 is 1.33 bits per heavy atom. The van der Waals surface area contributed by atoms with E-state index in [1.807, 2.05) is 6.20 Å². The average Bonchev–Trinajstić information content (AvgIpc) is 2.46. The molecule has 0 spiro atoms.